The molecule has 21 heavy (non-hydrogen) atoms. The number of carbonyl (C=O) groups is 1. The first kappa shape index (κ1) is 15.7. The number of morpholine rings is 1. The van der Waals surface area contributed by atoms with Gasteiger partial charge in [0.15, 0.2) is 0 Å². The van der Waals surface area contributed by atoms with E-state index in [1.807, 2.05) is 11.8 Å². The van der Waals surface area contributed by atoms with E-state index in [2.05, 4.69) is 0 Å². The number of primary sulfonamides is 1. The van der Waals surface area contributed by atoms with Crippen molar-refractivity contribution < 1.29 is 22.7 Å². The Bertz CT molecular complexity index is 644. The summed E-state index contributed by atoms with van der Waals surface area (Å²) in [5.41, 5.74) is 0.794. The minimum atomic E-state index is -3.88. The maximum atomic E-state index is 11.9. The second-order valence-electron chi connectivity index (χ2n) is 4.84. The van der Waals surface area contributed by atoms with Gasteiger partial charge in [0.2, 0.25) is 10.0 Å². The third-order valence-corrected chi connectivity index (χ3v) is 4.19. The molecule has 1 heterocycles. The number of benzene rings is 1. The van der Waals surface area contributed by atoms with Gasteiger partial charge in [-0.2, -0.15) is 0 Å². The Morgan fingerprint density at radius 1 is 1.48 bits per heavy atom. The number of hydrogen-bond acceptors (Lipinski definition) is 6. The zero-order valence-electron chi connectivity index (χ0n) is 11.9. The molecular formula is C13H18N2O5S. The standard InChI is InChI=1S/C13H18N2O5S/c1-9-8-15(5-6-20-9)12-4-3-10(21(14,17)18)7-11(12)13(16)19-2/h3-4,7,9H,5-6,8H2,1-2H3,(H2,14,17,18). The minimum Gasteiger partial charge on any atom is -0.465 e. The highest BCUT2D eigenvalue weighted by atomic mass is 32.2. The molecule has 1 unspecified atom stereocenters. The molecule has 0 aromatic heterocycles. The van der Waals surface area contributed by atoms with Crippen molar-refractivity contribution in [2.24, 2.45) is 5.14 Å². The number of sulfonamides is 1. The number of nitrogens with zero attached hydrogens (tertiary/aromatic N) is 1. The van der Waals surface area contributed by atoms with Gasteiger partial charge >= 0.3 is 5.97 Å². The number of hydrogen-bond donors (Lipinski definition) is 1. The quantitative estimate of drug-likeness (QED) is 0.808. The number of carbonyl (C=O) groups excluding carboxylic acids is 1. The van der Waals surface area contributed by atoms with Gasteiger partial charge in [-0.25, -0.2) is 18.4 Å². The second kappa shape index (κ2) is 6.00. The molecule has 0 radical (unpaired) electrons. The molecular weight excluding hydrogens is 296 g/mol. The zero-order valence-corrected chi connectivity index (χ0v) is 12.7. The molecule has 0 bridgehead atoms. The number of methoxy groups -OCH3 is 1. The van der Waals surface area contributed by atoms with E-state index in [4.69, 9.17) is 14.6 Å². The van der Waals surface area contributed by atoms with Crippen LogP contribution in [0.5, 0.6) is 0 Å². The lowest BCUT2D eigenvalue weighted by atomic mass is 10.1. The molecule has 1 saturated heterocycles. The van der Waals surface area contributed by atoms with Crippen molar-refractivity contribution in [3.05, 3.63) is 23.8 Å². The predicted octanol–water partition coefficient (Wildman–Crippen LogP) is 0.346. The van der Waals surface area contributed by atoms with Crippen LogP contribution in [0.15, 0.2) is 23.1 Å². The van der Waals surface area contributed by atoms with Crippen molar-refractivity contribution in [1.29, 1.82) is 0 Å². The van der Waals surface area contributed by atoms with E-state index >= 15 is 0 Å². The van der Waals surface area contributed by atoms with Crippen LogP contribution in [0.1, 0.15) is 17.3 Å². The van der Waals surface area contributed by atoms with Gasteiger partial charge in [-0.15, -0.1) is 0 Å². The fraction of sp³-hybridized carbons (Fsp3) is 0.462. The maximum absolute atomic E-state index is 11.9. The molecule has 1 aromatic carbocycles. The average molecular weight is 314 g/mol. The highest BCUT2D eigenvalue weighted by Gasteiger charge is 2.24. The minimum absolute atomic E-state index is 0.0298. The summed E-state index contributed by atoms with van der Waals surface area (Å²) in [4.78, 5) is 13.8. The number of rotatable bonds is 3. The van der Waals surface area contributed by atoms with Gasteiger partial charge in [-0.05, 0) is 25.1 Å². The normalized spacial score (nSPS) is 19.4. The van der Waals surface area contributed by atoms with Crippen molar-refractivity contribution >= 4 is 21.7 Å². The maximum Gasteiger partial charge on any atom is 0.340 e. The third kappa shape index (κ3) is 3.52. The molecule has 0 spiro atoms. The fourth-order valence-electron chi connectivity index (χ4n) is 2.28. The lowest BCUT2D eigenvalue weighted by Crippen LogP contribution is -2.41. The summed E-state index contributed by atoms with van der Waals surface area (Å²) in [6.07, 6.45) is 0.0298. The smallest absolute Gasteiger partial charge is 0.340 e. The van der Waals surface area contributed by atoms with Crippen LogP contribution >= 0.6 is 0 Å². The Labute approximate surface area is 123 Å². The molecule has 2 rings (SSSR count). The summed E-state index contributed by atoms with van der Waals surface area (Å²) in [5.74, 6) is -0.602. The van der Waals surface area contributed by atoms with E-state index in [1.54, 1.807) is 6.07 Å². The molecule has 0 amide bonds. The van der Waals surface area contributed by atoms with Gasteiger partial charge in [-0.1, -0.05) is 0 Å². The van der Waals surface area contributed by atoms with E-state index in [0.29, 0.717) is 25.4 Å². The van der Waals surface area contributed by atoms with Gasteiger partial charge < -0.3 is 14.4 Å². The molecule has 1 atom stereocenters. The molecule has 1 aliphatic rings. The SMILES string of the molecule is COC(=O)c1cc(S(N)(=O)=O)ccc1N1CCOC(C)C1. The topological polar surface area (TPSA) is 98.9 Å². The van der Waals surface area contributed by atoms with Crippen molar-refractivity contribution in [2.75, 3.05) is 31.7 Å². The largest absolute Gasteiger partial charge is 0.465 e. The molecule has 2 N–H and O–H groups in total. The van der Waals surface area contributed by atoms with Crippen LogP contribution < -0.4 is 10.0 Å². The predicted molar refractivity (Wildman–Crippen MR) is 76.8 cm³/mol. The highest BCUT2D eigenvalue weighted by Crippen LogP contribution is 2.26. The molecule has 7 nitrogen and oxygen atoms in total. The Morgan fingerprint density at radius 2 is 2.19 bits per heavy atom. The molecule has 1 aliphatic heterocycles. The first-order valence-corrected chi connectivity index (χ1v) is 7.99. The summed E-state index contributed by atoms with van der Waals surface area (Å²) in [7, 11) is -2.63. The van der Waals surface area contributed by atoms with Crippen molar-refractivity contribution in [3.8, 4) is 0 Å². The van der Waals surface area contributed by atoms with Crippen LogP contribution in [0, 0.1) is 0 Å². The molecule has 116 valence electrons. The zero-order chi connectivity index (χ0) is 15.6. The third-order valence-electron chi connectivity index (χ3n) is 3.28. The Kier molecular flexibility index (Phi) is 4.50. The van der Waals surface area contributed by atoms with Crippen LogP contribution in [-0.2, 0) is 19.5 Å². The molecule has 1 aromatic rings. The van der Waals surface area contributed by atoms with Crippen molar-refractivity contribution in [2.45, 2.75) is 17.9 Å². The van der Waals surface area contributed by atoms with E-state index in [9.17, 15) is 13.2 Å². The monoisotopic (exact) mass is 314 g/mol. The van der Waals surface area contributed by atoms with Crippen LogP contribution in [0.2, 0.25) is 0 Å². The van der Waals surface area contributed by atoms with Crippen LogP contribution in [-0.4, -0.2) is 47.3 Å². The molecule has 0 saturated carbocycles. The molecule has 8 heteroatoms. The highest BCUT2D eigenvalue weighted by molar-refractivity contribution is 7.89. The van der Waals surface area contributed by atoms with Crippen LogP contribution in [0.4, 0.5) is 5.69 Å². The van der Waals surface area contributed by atoms with Crippen LogP contribution in [0.25, 0.3) is 0 Å². The number of ether oxygens (including phenoxy) is 2. The molecule has 0 aliphatic carbocycles. The Balaban J connectivity index is 2.47. The summed E-state index contributed by atoms with van der Waals surface area (Å²) in [6.45, 7) is 3.70. The van der Waals surface area contributed by atoms with E-state index in [0.717, 1.165) is 0 Å². The average Bonchev–Trinajstić information content (AvgIpc) is 2.45. The van der Waals surface area contributed by atoms with Crippen molar-refractivity contribution in [3.63, 3.8) is 0 Å². The van der Waals surface area contributed by atoms with Gasteiger partial charge in [0, 0.05) is 13.1 Å². The van der Waals surface area contributed by atoms with Gasteiger partial charge in [-0.3, -0.25) is 0 Å². The van der Waals surface area contributed by atoms with Crippen LogP contribution in [0.3, 0.4) is 0 Å². The van der Waals surface area contributed by atoms with E-state index < -0.39 is 16.0 Å². The second-order valence-corrected chi connectivity index (χ2v) is 6.40. The number of nitrogens with two attached hydrogens (primary N) is 1. The summed E-state index contributed by atoms with van der Waals surface area (Å²) < 4.78 is 33.0. The molecule has 1 fully saturated rings. The first-order valence-electron chi connectivity index (χ1n) is 6.44. The Morgan fingerprint density at radius 3 is 2.76 bits per heavy atom. The lowest BCUT2D eigenvalue weighted by Gasteiger charge is -2.33. The Hall–Kier alpha value is -1.64. The lowest BCUT2D eigenvalue weighted by molar-refractivity contribution is 0.0522. The first-order chi connectivity index (χ1) is 9.82. The van der Waals surface area contributed by atoms with E-state index in [-0.39, 0.29) is 16.6 Å². The summed E-state index contributed by atoms with van der Waals surface area (Å²) in [6, 6.07) is 4.21. The number of esters is 1. The van der Waals surface area contributed by atoms with E-state index in [1.165, 1.54) is 19.2 Å². The summed E-state index contributed by atoms with van der Waals surface area (Å²) >= 11 is 0. The summed E-state index contributed by atoms with van der Waals surface area (Å²) in [5, 5.41) is 5.10. The van der Waals surface area contributed by atoms with Crippen molar-refractivity contribution in [1.82, 2.24) is 0 Å². The van der Waals surface area contributed by atoms with Gasteiger partial charge in [0.25, 0.3) is 0 Å². The fourth-order valence-corrected chi connectivity index (χ4v) is 2.82. The number of anilines is 1. The van der Waals surface area contributed by atoms with Gasteiger partial charge in [0.1, 0.15) is 0 Å². The van der Waals surface area contributed by atoms with Gasteiger partial charge in [0.05, 0.1) is 36.0 Å².